The Balaban J connectivity index is 3.09. The molecule has 0 saturated carbocycles. The van der Waals surface area contributed by atoms with Gasteiger partial charge in [-0.3, -0.25) is 0 Å². The second-order valence-electron chi connectivity index (χ2n) is 2.05. The van der Waals surface area contributed by atoms with Crippen molar-refractivity contribution in [2.24, 2.45) is 0 Å². The van der Waals surface area contributed by atoms with Gasteiger partial charge in [0.25, 0.3) is 0 Å². The number of anilines is 1. The Bertz CT molecular complexity index is 239. The van der Waals surface area contributed by atoms with Gasteiger partial charge in [-0.2, -0.15) is 0 Å². The lowest BCUT2D eigenvalue weighted by Crippen LogP contribution is -2.09. The van der Waals surface area contributed by atoms with Crippen LogP contribution < -0.4 is 16.1 Å². The number of hydrogen-bond acceptors (Lipinski definition) is 3. The molecular formula is C6H9BN2O. The summed E-state index contributed by atoms with van der Waals surface area (Å²) in [4.78, 5) is 4.04. The minimum Gasteiger partial charge on any atom is -0.480 e. The highest BCUT2D eigenvalue weighted by molar-refractivity contribution is 6.30. The van der Waals surface area contributed by atoms with Crippen molar-refractivity contribution in [2.45, 2.75) is 0 Å². The van der Waals surface area contributed by atoms with Crippen molar-refractivity contribution < 1.29 is 4.74 Å². The van der Waals surface area contributed by atoms with Crippen molar-refractivity contribution in [3.63, 3.8) is 0 Å². The lowest BCUT2D eigenvalue weighted by atomic mass is 10.0. The van der Waals surface area contributed by atoms with E-state index in [0.29, 0.717) is 11.6 Å². The third-order valence-electron chi connectivity index (χ3n) is 1.22. The fourth-order valence-electron chi connectivity index (χ4n) is 0.707. The lowest BCUT2D eigenvalue weighted by molar-refractivity contribution is 0.401. The zero-order valence-corrected chi connectivity index (χ0v) is 6.09. The van der Waals surface area contributed by atoms with Crippen molar-refractivity contribution in [2.75, 3.05) is 12.8 Å². The molecule has 1 aromatic rings. The van der Waals surface area contributed by atoms with Gasteiger partial charge in [0.15, 0.2) is 7.85 Å². The molecule has 4 heteroatoms. The molecule has 0 saturated heterocycles. The van der Waals surface area contributed by atoms with Gasteiger partial charge in [0, 0.05) is 0 Å². The number of nitrogen functional groups attached to an aromatic ring is 1. The number of aromatic nitrogens is 1. The summed E-state index contributed by atoms with van der Waals surface area (Å²) in [7, 11) is 3.44. The zero-order chi connectivity index (χ0) is 7.56. The zero-order valence-electron chi connectivity index (χ0n) is 6.09. The summed E-state index contributed by atoms with van der Waals surface area (Å²) in [5, 5.41) is 0. The quantitative estimate of drug-likeness (QED) is 0.500. The third kappa shape index (κ3) is 1.21. The Labute approximate surface area is 60.6 Å². The smallest absolute Gasteiger partial charge is 0.236 e. The van der Waals surface area contributed by atoms with Crippen LogP contribution in [0.25, 0.3) is 0 Å². The molecule has 0 bridgehead atoms. The number of rotatable bonds is 1. The van der Waals surface area contributed by atoms with Gasteiger partial charge in [-0.15, -0.1) is 0 Å². The number of methoxy groups -OCH3 is 1. The Morgan fingerprint density at radius 1 is 1.60 bits per heavy atom. The lowest BCUT2D eigenvalue weighted by Gasteiger charge is -2.02. The minimum atomic E-state index is 0.500. The molecule has 0 spiro atoms. The van der Waals surface area contributed by atoms with E-state index in [0.717, 1.165) is 5.59 Å². The average molecular weight is 136 g/mol. The van der Waals surface area contributed by atoms with Crippen LogP contribution in [0.4, 0.5) is 5.69 Å². The van der Waals surface area contributed by atoms with Crippen LogP contribution in [0.1, 0.15) is 0 Å². The minimum absolute atomic E-state index is 0.500. The molecule has 0 aliphatic carbocycles. The standard InChI is InChI=1S/C6H9BN2O/c1-10-6-4(8)2-3-5(7)9-6/h2-3H,7-8H2,1H3. The number of nitrogens with zero attached hydrogens (tertiary/aromatic N) is 1. The molecule has 0 aromatic carbocycles. The Morgan fingerprint density at radius 2 is 2.30 bits per heavy atom. The predicted molar refractivity (Wildman–Crippen MR) is 43.4 cm³/mol. The van der Waals surface area contributed by atoms with Crippen molar-refractivity contribution in [3.05, 3.63) is 12.1 Å². The van der Waals surface area contributed by atoms with Crippen LogP contribution >= 0.6 is 0 Å². The van der Waals surface area contributed by atoms with Gasteiger partial charge in [-0.25, -0.2) is 4.98 Å². The van der Waals surface area contributed by atoms with Crippen molar-refractivity contribution >= 4 is 19.1 Å². The molecule has 0 amide bonds. The fraction of sp³-hybridized carbons (Fsp3) is 0.167. The molecule has 1 aromatic heterocycles. The highest BCUT2D eigenvalue weighted by Crippen LogP contribution is 2.13. The first-order valence-electron chi connectivity index (χ1n) is 3.01. The topological polar surface area (TPSA) is 48.1 Å². The van der Waals surface area contributed by atoms with E-state index in [1.165, 1.54) is 0 Å². The van der Waals surface area contributed by atoms with Crippen LogP contribution in [0.15, 0.2) is 12.1 Å². The molecule has 2 N–H and O–H groups in total. The molecule has 1 rings (SSSR count). The maximum Gasteiger partial charge on any atom is 0.236 e. The van der Waals surface area contributed by atoms with Gasteiger partial charge in [0.1, 0.15) is 0 Å². The predicted octanol–water partition coefficient (Wildman–Crippen LogP) is -1.07. The summed E-state index contributed by atoms with van der Waals surface area (Å²) in [6.45, 7) is 0. The molecular weight excluding hydrogens is 127 g/mol. The summed E-state index contributed by atoms with van der Waals surface area (Å²) >= 11 is 0. The van der Waals surface area contributed by atoms with Gasteiger partial charge in [-0.05, 0) is 17.7 Å². The van der Waals surface area contributed by atoms with E-state index in [9.17, 15) is 0 Å². The SMILES string of the molecule is Bc1ccc(N)c(OC)n1. The van der Waals surface area contributed by atoms with E-state index in [1.54, 1.807) is 13.2 Å². The van der Waals surface area contributed by atoms with Crippen molar-refractivity contribution in [1.29, 1.82) is 0 Å². The summed E-state index contributed by atoms with van der Waals surface area (Å²) in [5.41, 5.74) is 7.00. The van der Waals surface area contributed by atoms with Crippen LogP contribution in [0, 0.1) is 0 Å². The van der Waals surface area contributed by atoms with Gasteiger partial charge in [0.05, 0.1) is 12.8 Å². The number of pyridine rings is 1. The Morgan fingerprint density at radius 3 is 2.80 bits per heavy atom. The normalized spacial score (nSPS) is 9.30. The number of nitrogens with two attached hydrogens (primary N) is 1. The van der Waals surface area contributed by atoms with Gasteiger partial charge in [-0.1, -0.05) is 0 Å². The van der Waals surface area contributed by atoms with Crippen LogP contribution in [-0.4, -0.2) is 19.9 Å². The first kappa shape index (κ1) is 6.93. The van der Waals surface area contributed by atoms with E-state index in [1.807, 2.05) is 13.9 Å². The molecule has 0 radical (unpaired) electrons. The summed E-state index contributed by atoms with van der Waals surface area (Å²) in [6, 6.07) is 3.62. The first-order valence-corrected chi connectivity index (χ1v) is 3.01. The van der Waals surface area contributed by atoms with Crippen LogP contribution in [0.3, 0.4) is 0 Å². The average Bonchev–Trinajstić information content (AvgIpc) is 1.94. The highest BCUT2D eigenvalue weighted by atomic mass is 16.5. The van der Waals surface area contributed by atoms with Crippen molar-refractivity contribution in [3.8, 4) is 5.88 Å². The number of ether oxygens (including phenoxy) is 1. The third-order valence-corrected chi connectivity index (χ3v) is 1.22. The maximum absolute atomic E-state index is 5.51. The monoisotopic (exact) mass is 136 g/mol. The second-order valence-corrected chi connectivity index (χ2v) is 2.05. The van der Waals surface area contributed by atoms with E-state index >= 15 is 0 Å². The molecule has 1 heterocycles. The molecule has 3 nitrogen and oxygen atoms in total. The first-order chi connectivity index (χ1) is 4.74. The van der Waals surface area contributed by atoms with Crippen LogP contribution in [0.2, 0.25) is 0 Å². The molecule has 0 atom stereocenters. The highest BCUT2D eigenvalue weighted by Gasteiger charge is 1.97. The Kier molecular flexibility index (Phi) is 1.80. The molecule has 0 aliphatic heterocycles. The van der Waals surface area contributed by atoms with Crippen molar-refractivity contribution in [1.82, 2.24) is 4.98 Å². The molecule has 52 valence electrons. The van der Waals surface area contributed by atoms with Crippen LogP contribution in [0.5, 0.6) is 5.88 Å². The second kappa shape index (κ2) is 2.60. The Hall–Kier alpha value is -1.19. The summed E-state index contributed by atoms with van der Waals surface area (Å²) in [6.07, 6.45) is 0. The molecule has 0 unspecified atom stereocenters. The van der Waals surface area contributed by atoms with E-state index in [-0.39, 0.29) is 0 Å². The van der Waals surface area contributed by atoms with Gasteiger partial charge < -0.3 is 10.5 Å². The van der Waals surface area contributed by atoms with E-state index in [2.05, 4.69) is 4.98 Å². The summed E-state index contributed by atoms with van der Waals surface area (Å²) in [5.74, 6) is 0.500. The molecule has 0 aliphatic rings. The fourth-order valence-corrected chi connectivity index (χ4v) is 0.707. The van der Waals surface area contributed by atoms with E-state index in [4.69, 9.17) is 10.5 Å². The maximum atomic E-state index is 5.51. The number of hydrogen-bond donors (Lipinski definition) is 1. The van der Waals surface area contributed by atoms with Gasteiger partial charge in [0.2, 0.25) is 5.88 Å². The molecule has 10 heavy (non-hydrogen) atoms. The molecule has 0 fully saturated rings. The van der Waals surface area contributed by atoms with Gasteiger partial charge >= 0.3 is 0 Å². The van der Waals surface area contributed by atoms with Crippen LogP contribution in [-0.2, 0) is 0 Å². The summed E-state index contributed by atoms with van der Waals surface area (Å²) < 4.78 is 4.89. The van der Waals surface area contributed by atoms with E-state index < -0.39 is 0 Å². The largest absolute Gasteiger partial charge is 0.480 e.